The lowest BCUT2D eigenvalue weighted by Crippen LogP contribution is -2.45. The van der Waals surface area contributed by atoms with Crippen LogP contribution in [0.3, 0.4) is 0 Å². The summed E-state index contributed by atoms with van der Waals surface area (Å²) in [7, 11) is 1.38. The van der Waals surface area contributed by atoms with Gasteiger partial charge in [0.2, 0.25) is 0 Å². The fraction of sp³-hybridized carbons (Fsp3) is 0.889. The molecular formula is C18H31NO4. The first-order chi connectivity index (χ1) is 10.5. The molecule has 0 bridgehead atoms. The number of hydrogen-bond donors (Lipinski definition) is 0. The highest BCUT2D eigenvalue weighted by Crippen LogP contribution is 2.57. The van der Waals surface area contributed by atoms with Gasteiger partial charge < -0.3 is 9.47 Å². The molecule has 5 heteroatoms. The van der Waals surface area contributed by atoms with E-state index in [4.69, 9.17) is 9.47 Å². The van der Waals surface area contributed by atoms with Crippen molar-refractivity contribution in [2.75, 3.05) is 13.7 Å². The van der Waals surface area contributed by atoms with Gasteiger partial charge in [0.25, 0.3) is 0 Å². The number of ether oxygens (including phenoxy) is 2. The van der Waals surface area contributed by atoms with Crippen LogP contribution in [-0.2, 0) is 14.3 Å². The third kappa shape index (κ3) is 3.48. The molecule has 0 unspecified atom stereocenters. The highest BCUT2D eigenvalue weighted by Gasteiger charge is 2.57. The molecule has 0 N–H and O–H groups in total. The molecule has 23 heavy (non-hydrogen) atoms. The van der Waals surface area contributed by atoms with E-state index in [0.717, 1.165) is 19.3 Å². The molecule has 1 spiro atoms. The van der Waals surface area contributed by atoms with Crippen LogP contribution in [0.2, 0.25) is 0 Å². The summed E-state index contributed by atoms with van der Waals surface area (Å²) in [4.78, 5) is 26.5. The number of hydrogen-bond acceptors (Lipinski definition) is 4. The molecular weight excluding hydrogens is 294 g/mol. The Kier molecular flexibility index (Phi) is 4.71. The van der Waals surface area contributed by atoms with Crippen LogP contribution in [0.5, 0.6) is 0 Å². The molecule has 0 aromatic carbocycles. The Balaban J connectivity index is 2.29. The Morgan fingerprint density at radius 1 is 1.13 bits per heavy atom. The van der Waals surface area contributed by atoms with Crippen molar-refractivity contribution in [2.45, 2.75) is 78.4 Å². The second-order valence-electron chi connectivity index (χ2n) is 8.72. The summed E-state index contributed by atoms with van der Waals surface area (Å²) in [6.45, 7) is 10.6. The van der Waals surface area contributed by atoms with Crippen molar-refractivity contribution in [1.29, 1.82) is 0 Å². The van der Waals surface area contributed by atoms with Crippen molar-refractivity contribution in [2.24, 2.45) is 10.8 Å². The Morgan fingerprint density at radius 2 is 1.74 bits per heavy atom. The van der Waals surface area contributed by atoms with E-state index in [9.17, 15) is 9.59 Å². The molecule has 0 aromatic rings. The number of amides is 1. The SMILES string of the molecule is COC(=O)[C@@H]1C[C@@]2(CCCCC2(C)C)CN1C(=O)OC(C)(C)C. The Bertz CT molecular complexity index is 480. The first-order valence-electron chi connectivity index (χ1n) is 8.59. The molecule has 1 saturated heterocycles. The average Bonchev–Trinajstić information content (AvgIpc) is 2.81. The Labute approximate surface area is 139 Å². The van der Waals surface area contributed by atoms with Crippen LogP contribution in [0.4, 0.5) is 4.79 Å². The van der Waals surface area contributed by atoms with Gasteiger partial charge in [-0.05, 0) is 50.9 Å². The van der Waals surface area contributed by atoms with E-state index in [1.54, 1.807) is 4.90 Å². The van der Waals surface area contributed by atoms with E-state index in [1.165, 1.54) is 13.5 Å². The van der Waals surface area contributed by atoms with Gasteiger partial charge in [-0.3, -0.25) is 4.90 Å². The minimum absolute atomic E-state index is 0.0268. The third-order valence-electron chi connectivity index (χ3n) is 5.68. The summed E-state index contributed by atoms with van der Waals surface area (Å²) < 4.78 is 10.5. The Morgan fingerprint density at radius 3 is 2.26 bits per heavy atom. The van der Waals surface area contributed by atoms with Crippen molar-refractivity contribution < 1.29 is 19.1 Å². The topological polar surface area (TPSA) is 55.8 Å². The van der Waals surface area contributed by atoms with Crippen LogP contribution in [0.1, 0.15) is 66.7 Å². The van der Waals surface area contributed by atoms with Crippen molar-refractivity contribution in [1.82, 2.24) is 4.90 Å². The monoisotopic (exact) mass is 325 g/mol. The van der Waals surface area contributed by atoms with Gasteiger partial charge in [-0.15, -0.1) is 0 Å². The van der Waals surface area contributed by atoms with Gasteiger partial charge in [0.05, 0.1) is 7.11 Å². The maximum Gasteiger partial charge on any atom is 0.411 e. The van der Waals surface area contributed by atoms with Crippen LogP contribution in [0.25, 0.3) is 0 Å². The average molecular weight is 325 g/mol. The Hall–Kier alpha value is -1.26. The largest absolute Gasteiger partial charge is 0.467 e. The molecule has 0 radical (unpaired) electrons. The fourth-order valence-corrected chi connectivity index (χ4v) is 4.15. The van der Waals surface area contributed by atoms with E-state index in [0.29, 0.717) is 13.0 Å². The zero-order valence-corrected chi connectivity index (χ0v) is 15.4. The van der Waals surface area contributed by atoms with E-state index >= 15 is 0 Å². The molecule has 1 heterocycles. The van der Waals surface area contributed by atoms with Crippen LogP contribution in [0.15, 0.2) is 0 Å². The van der Waals surface area contributed by atoms with Crippen LogP contribution < -0.4 is 0 Å². The van der Waals surface area contributed by atoms with Crippen molar-refractivity contribution in [3.63, 3.8) is 0 Å². The van der Waals surface area contributed by atoms with Gasteiger partial charge in [0.1, 0.15) is 11.6 Å². The molecule has 5 nitrogen and oxygen atoms in total. The van der Waals surface area contributed by atoms with E-state index in [1.807, 2.05) is 20.8 Å². The highest BCUT2D eigenvalue weighted by molar-refractivity contribution is 5.82. The van der Waals surface area contributed by atoms with E-state index in [2.05, 4.69) is 13.8 Å². The van der Waals surface area contributed by atoms with E-state index < -0.39 is 17.7 Å². The minimum atomic E-state index is -0.574. The fourth-order valence-electron chi connectivity index (χ4n) is 4.15. The molecule has 0 aromatic heterocycles. The number of methoxy groups -OCH3 is 1. The maximum atomic E-state index is 12.6. The van der Waals surface area contributed by atoms with Gasteiger partial charge in [-0.25, -0.2) is 9.59 Å². The quantitative estimate of drug-likeness (QED) is 0.689. The normalized spacial score (nSPS) is 30.3. The predicted octanol–water partition coefficient (Wildman–Crippen LogP) is 3.76. The number of rotatable bonds is 1. The van der Waals surface area contributed by atoms with Crippen LogP contribution >= 0.6 is 0 Å². The van der Waals surface area contributed by atoms with Gasteiger partial charge in [0.15, 0.2) is 0 Å². The predicted molar refractivity (Wildman–Crippen MR) is 88.0 cm³/mol. The van der Waals surface area contributed by atoms with Gasteiger partial charge in [-0.1, -0.05) is 26.7 Å². The van der Waals surface area contributed by atoms with Crippen molar-refractivity contribution in [3.05, 3.63) is 0 Å². The zero-order chi connectivity index (χ0) is 17.5. The molecule has 2 atom stereocenters. The zero-order valence-electron chi connectivity index (χ0n) is 15.4. The minimum Gasteiger partial charge on any atom is -0.467 e. The smallest absolute Gasteiger partial charge is 0.411 e. The maximum absolute atomic E-state index is 12.6. The first-order valence-corrected chi connectivity index (χ1v) is 8.59. The highest BCUT2D eigenvalue weighted by atomic mass is 16.6. The van der Waals surface area contributed by atoms with Crippen molar-refractivity contribution in [3.8, 4) is 0 Å². The summed E-state index contributed by atoms with van der Waals surface area (Å²) in [6.07, 6.45) is 4.80. The van der Waals surface area contributed by atoms with Gasteiger partial charge >= 0.3 is 12.1 Å². The summed E-state index contributed by atoms with van der Waals surface area (Å²) in [6, 6.07) is -0.535. The summed E-state index contributed by atoms with van der Waals surface area (Å²) >= 11 is 0. The molecule has 1 aliphatic carbocycles. The first kappa shape index (κ1) is 18.1. The molecule has 1 amide bonds. The molecule has 2 fully saturated rings. The lowest BCUT2D eigenvalue weighted by atomic mass is 9.57. The summed E-state index contributed by atoms with van der Waals surface area (Å²) in [5, 5.41) is 0. The number of carbonyl (C=O) groups excluding carboxylic acids is 2. The molecule has 1 saturated carbocycles. The van der Waals surface area contributed by atoms with Crippen LogP contribution in [0, 0.1) is 10.8 Å². The third-order valence-corrected chi connectivity index (χ3v) is 5.68. The standard InChI is InChI=1S/C18H31NO4/c1-16(2,3)23-15(21)19-12-18(11-13(19)14(20)22-6)10-8-7-9-17(18,4)5/h13H,7-12H2,1-6H3/t13-,18-/m0/s1. The number of nitrogens with zero attached hydrogens (tertiary/aromatic N) is 1. The number of carbonyl (C=O) groups is 2. The second kappa shape index (κ2) is 5.99. The summed E-state index contributed by atoms with van der Waals surface area (Å²) in [5.41, 5.74) is -0.495. The van der Waals surface area contributed by atoms with Crippen molar-refractivity contribution >= 4 is 12.1 Å². The van der Waals surface area contributed by atoms with Gasteiger partial charge in [0, 0.05) is 6.54 Å². The lowest BCUT2D eigenvalue weighted by Gasteiger charge is -2.48. The second-order valence-corrected chi connectivity index (χ2v) is 8.72. The van der Waals surface area contributed by atoms with E-state index in [-0.39, 0.29) is 16.8 Å². The van der Waals surface area contributed by atoms with Gasteiger partial charge in [-0.2, -0.15) is 0 Å². The summed E-state index contributed by atoms with van der Waals surface area (Å²) in [5.74, 6) is -0.339. The molecule has 1 aliphatic heterocycles. The lowest BCUT2D eigenvalue weighted by molar-refractivity contribution is -0.145. The molecule has 2 aliphatic rings. The molecule has 132 valence electrons. The van der Waals surface area contributed by atoms with Crippen LogP contribution in [-0.4, -0.2) is 42.3 Å². The number of esters is 1. The number of likely N-dealkylation sites (tertiary alicyclic amines) is 1. The molecule has 2 rings (SSSR count).